The molecule has 0 N–H and O–H groups in total. The maximum Gasteiger partial charge on any atom is 0.0589 e. The van der Waals surface area contributed by atoms with Crippen molar-refractivity contribution in [1.29, 1.82) is 0 Å². The maximum atomic E-state index is 5.86. The largest absolute Gasteiger partial charge is 0.378 e. The summed E-state index contributed by atoms with van der Waals surface area (Å²) < 4.78 is 11.6. The van der Waals surface area contributed by atoms with Crippen LogP contribution in [0.25, 0.3) is 0 Å². The van der Waals surface area contributed by atoms with Gasteiger partial charge in [0.25, 0.3) is 0 Å². The van der Waals surface area contributed by atoms with Crippen molar-refractivity contribution in [3.05, 3.63) is 0 Å². The van der Waals surface area contributed by atoms with Crippen LogP contribution in [0.5, 0.6) is 0 Å². The molecule has 0 radical (unpaired) electrons. The first-order valence-electron chi connectivity index (χ1n) is 7.64. The molecule has 5 unspecified atom stereocenters. The second-order valence-corrected chi connectivity index (χ2v) is 7.79. The van der Waals surface area contributed by atoms with Gasteiger partial charge in [-0.25, -0.2) is 0 Å². The molecule has 2 nitrogen and oxygen atoms in total. The van der Waals surface area contributed by atoms with Crippen molar-refractivity contribution in [2.75, 3.05) is 19.0 Å². The average molecular weight is 270 g/mol. The van der Waals surface area contributed by atoms with Crippen LogP contribution in [0.4, 0.5) is 0 Å². The summed E-state index contributed by atoms with van der Waals surface area (Å²) in [7, 11) is 0. The van der Waals surface area contributed by atoms with E-state index in [1.165, 1.54) is 44.3 Å². The molecule has 3 heterocycles. The van der Waals surface area contributed by atoms with Crippen molar-refractivity contribution in [3.8, 4) is 0 Å². The van der Waals surface area contributed by atoms with E-state index < -0.39 is 0 Å². The smallest absolute Gasteiger partial charge is 0.0589 e. The van der Waals surface area contributed by atoms with Crippen molar-refractivity contribution >= 4 is 11.8 Å². The molecule has 104 valence electrons. The summed E-state index contributed by atoms with van der Waals surface area (Å²) in [6.45, 7) is 4.30. The zero-order valence-corrected chi connectivity index (χ0v) is 12.3. The van der Waals surface area contributed by atoms with E-state index in [4.69, 9.17) is 9.47 Å². The van der Waals surface area contributed by atoms with Crippen LogP contribution >= 0.6 is 11.8 Å². The molecule has 3 saturated heterocycles. The molecule has 0 aromatic rings. The topological polar surface area (TPSA) is 18.5 Å². The van der Waals surface area contributed by atoms with Gasteiger partial charge in [0.1, 0.15) is 0 Å². The van der Waals surface area contributed by atoms with Gasteiger partial charge in [-0.3, -0.25) is 0 Å². The SMILES string of the molecule is CC1COC(CC2CC(CC3CCCO3)CS2)C1. The van der Waals surface area contributed by atoms with Crippen molar-refractivity contribution in [3.63, 3.8) is 0 Å². The van der Waals surface area contributed by atoms with Gasteiger partial charge in [-0.1, -0.05) is 6.92 Å². The standard InChI is InChI=1S/C15H26O2S/c1-11-5-14(17-9-11)8-15-7-12(10-18-15)6-13-3-2-4-16-13/h11-15H,2-10H2,1H3. The molecule has 0 spiro atoms. The van der Waals surface area contributed by atoms with Crippen LogP contribution in [-0.2, 0) is 9.47 Å². The van der Waals surface area contributed by atoms with E-state index in [1.54, 1.807) is 0 Å². The van der Waals surface area contributed by atoms with E-state index in [1.807, 2.05) is 0 Å². The molecule has 3 heteroatoms. The lowest BCUT2D eigenvalue weighted by Gasteiger charge is -2.16. The number of thioether (sulfide) groups is 1. The Morgan fingerprint density at radius 2 is 2.06 bits per heavy atom. The molecule has 3 aliphatic rings. The fourth-order valence-corrected chi connectivity index (χ4v) is 5.23. The monoisotopic (exact) mass is 270 g/mol. The summed E-state index contributed by atoms with van der Waals surface area (Å²) in [5.41, 5.74) is 0. The fourth-order valence-electron chi connectivity index (χ4n) is 3.65. The molecular weight excluding hydrogens is 244 g/mol. The minimum atomic E-state index is 0.555. The van der Waals surface area contributed by atoms with E-state index >= 15 is 0 Å². The lowest BCUT2D eigenvalue weighted by Crippen LogP contribution is -2.15. The van der Waals surface area contributed by atoms with Gasteiger partial charge in [-0.2, -0.15) is 11.8 Å². The van der Waals surface area contributed by atoms with E-state index in [0.29, 0.717) is 12.2 Å². The van der Waals surface area contributed by atoms with Gasteiger partial charge < -0.3 is 9.47 Å². The Bertz CT molecular complexity index is 265. The van der Waals surface area contributed by atoms with E-state index in [2.05, 4.69) is 18.7 Å². The summed E-state index contributed by atoms with van der Waals surface area (Å²) in [6, 6.07) is 0. The highest BCUT2D eigenvalue weighted by Gasteiger charge is 2.32. The third-order valence-electron chi connectivity index (χ3n) is 4.59. The molecule has 18 heavy (non-hydrogen) atoms. The highest BCUT2D eigenvalue weighted by Crippen LogP contribution is 2.39. The predicted octanol–water partition coefficient (Wildman–Crippen LogP) is 3.49. The Hall–Kier alpha value is 0.270. The van der Waals surface area contributed by atoms with Crippen LogP contribution in [0.1, 0.15) is 45.4 Å². The van der Waals surface area contributed by atoms with E-state index in [-0.39, 0.29) is 0 Å². The molecule has 0 aromatic heterocycles. The van der Waals surface area contributed by atoms with Gasteiger partial charge in [0.15, 0.2) is 0 Å². The number of ether oxygens (including phenoxy) is 2. The zero-order valence-electron chi connectivity index (χ0n) is 11.5. The second kappa shape index (κ2) is 6.15. The lowest BCUT2D eigenvalue weighted by molar-refractivity contribution is 0.0882. The van der Waals surface area contributed by atoms with Crippen LogP contribution in [-0.4, -0.2) is 36.4 Å². The normalized spacial score (nSPS) is 44.8. The predicted molar refractivity (Wildman–Crippen MR) is 76.1 cm³/mol. The fraction of sp³-hybridized carbons (Fsp3) is 1.00. The molecule has 0 aromatic carbocycles. The van der Waals surface area contributed by atoms with E-state index in [9.17, 15) is 0 Å². The molecule has 0 bridgehead atoms. The molecule has 3 fully saturated rings. The molecule has 3 rings (SSSR count). The van der Waals surface area contributed by atoms with Gasteiger partial charge in [-0.05, 0) is 56.1 Å². The Labute approximate surface area is 115 Å². The van der Waals surface area contributed by atoms with Gasteiger partial charge in [-0.15, -0.1) is 0 Å². The minimum absolute atomic E-state index is 0.555. The third-order valence-corrected chi connectivity index (χ3v) is 6.11. The highest BCUT2D eigenvalue weighted by molar-refractivity contribution is 8.00. The second-order valence-electron chi connectivity index (χ2n) is 6.46. The first-order chi connectivity index (χ1) is 8.79. The molecule has 0 amide bonds. The Morgan fingerprint density at radius 1 is 1.11 bits per heavy atom. The van der Waals surface area contributed by atoms with Crippen LogP contribution < -0.4 is 0 Å². The minimum Gasteiger partial charge on any atom is -0.378 e. The van der Waals surface area contributed by atoms with Gasteiger partial charge >= 0.3 is 0 Å². The van der Waals surface area contributed by atoms with Crippen molar-refractivity contribution < 1.29 is 9.47 Å². The molecule has 3 aliphatic heterocycles. The van der Waals surface area contributed by atoms with Crippen molar-refractivity contribution in [1.82, 2.24) is 0 Å². The molecule has 0 saturated carbocycles. The summed E-state index contributed by atoms with van der Waals surface area (Å²) in [6.07, 6.45) is 9.00. The zero-order chi connectivity index (χ0) is 12.4. The van der Waals surface area contributed by atoms with Crippen LogP contribution in [0, 0.1) is 11.8 Å². The lowest BCUT2D eigenvalue weighted by atomic mass is 9.94. The Balaban J connectivity index is 1.38. The third kappa shape index (κ3) is 3.43. The van der Waals surface area contributed by atoms with Crippen LogP contribution in [0.2, 0.25) is 0 Å². The summed E-state index contributed by atoms with van der Waals surface area (Å²) >= 11 is 2.19. The summed E-state index contributed by atoms with van der Waals surface area (Å²) in [5, 5.41) is 0.853. The van der Waals surface area contributed by atoms with Gasteiger partial charge in [0.2, 0.25) is 0 Å². The van der Waals surface area contributed by atoms with Crippen LogP contribution in [0.3, 0.4) is 0 Å². The van der Waals surface area contributed by atoms with E-state index in [0.717, 1.165) is 30.3 Å². The molecule has 5 atom stereocenters. The first-order valence-corrected chi connectivity index (χ1v) is 8.69. The number of hydrogen-bond acceptors (Lipinski definition) is 3. The van der Waals surface area contributed by atoms with Crippen molar-refractivity contribution in [2.45, 2.75) is 62.9 Å². The highest BCUT2D eigenvalue weighted by atomic mass is 32.2. The van der Waals surface area contributed by atoms with Gasteiger partial charge in [0, 0.05) is 18.5 Å². The quantitative estimate of drug-likeness (QED) is 0.779. The first kappa shape index (κ1) is 13.3. The number of hydrogen-bond donors (Lipinski definition) is 0. The number of rotatable bonds is 4. The van der Waals surface area contributed by atoms with Crippen LogP contribution in [0.15, 0.2) is 0 Å². The Morgan fingerprint density at radius 3 is 2.78 bits per heavy atom. The Kier molecular flexibility index (Phi) is 4.53. The van der Waals surface area contributed by atoms with Gasteiger partial charge in [0.05, 0.1) is 12.2 Å². The summed E-state index contributed by atoms with van der Waals surface area (Å²) in [5.74, 6) is 3.04. The molecule has 0 aliphatic carbocycles. The summed E-state index contributed by atoms with van der Waals surface area (Å²) in [4.78, 5) is 0. The average Bonchev–Trinajstić information content (AvgIpc) is 3.04. The maximum absolute atomic E-state index is 5.86. The van der Waals surface area contributed by atoms with Crippen molar-refractivity contribution in [2.24, 2.45) is 11.8 Å². The molecular formula is C15H26O2S.